The van der Waals surface area contributed by atoms with E-state index in [0.717, 1.165) is 43.5 Å². The van der Waals surface area contributed by atoms with Gasteiger partial charge in [-0.05, 0) is 49.1 Å². The van der Waals surface area contributed by atoms with Crippen LogP contribution in [-0.2, 0) is 4.74 Å². The Hall–Kier alpha value is -2.60. The van der Waals surface area contributed by atoms with E-state index in [1.807, 2.05) is 24.3 Å². The van der Waals surface area contributed by atoms with Crippen molar-refractivity contribution in [1.82, 2.24) is 4.98 Å². The molecule has 2 fully saturated rings. The van der Waals surface area contributed by atoms with E-state index in [-0.39, 0.29) is 5.91 Å². The number of benzene rings is 1. The van der Waals surface area contributed by atoms with Gasteiger partial charge in [0.05, 0.1) is 13.2 Å². The monoisotopic (exact) mass is 380 g/mol. The number of anilines is 3. The first-order chi connectivity index (χ1) is 13.7. The highest BCUT2D eigenvalue weighted by molar-refractivity contribution is 6.03. The maximum atomic E-state index is 12.7. The molecule has 28 heavy (non-hydrogen) atoms. The minimum absolute atomic E-state index is 0.181. The molecular formula is C22H28N4O2. The topological polar surface area (TPSA) is 57.7 Å². The molecule has 0 spiro atoms. The fraction of sp³-hybridized carbons (Fsp3) is 0.455. The molecular weight excluding hydrogens is 352 g/mol. The number of rotatable bonds is 4. The maximum Gasteiger partial charge on any atom is 0.274 e. The van der Waals surface area contributed by atoms with Crippen molar-refractivity contribution in [3.05, 3.63) is 48.3 Å². The Morgan fingerprint density at radius 1 is 1.04 bits per heavy atom. The van der Waals surface area contributed by atoms with E-state index in [1.165, 1.54) is 18.5 Å². The summed E-state index contributed by atoms with van der Waals surface area (Å²) in [6, 6.07) is 11.9. The van der Waals surface area contributed by atoms with Crippen LogP contribution in [0.5, 0.6) is 0 Å². The predicted octanol–water partition coefficient (Wildman–Crippen LogP) is 3.41. The number of amides is 1. The van der Waals surface area contributed by atoms with E-state index < -0.39 is 0 Å². The van der Waals surface area contributed by atoms with Crippen molar-refractivity contribution < 1.29 is 9.53 Å². The molecule has 2 saturated heterocycles. The van der Waals surface area contributed by atoms with Crippen LogP contribution in [0, 0.1) is 5.92 Å². The largest absolute Gasteiger partial charge is 0.378 e. The quantitative estimate of drug-likeness (QED) is 0.881. The smallest absolute Gasteiger partial charge is 0.274 e. The number of carbonyl (C=O) groups is 1. The highest BCUT2D eigenvalue weighted by Gasteiger charge is 2.17. The summed E-state index contributed by atoms with van der Waals surface area (Å²) >= 11 is 0. The van der Waals surface area contributed by atoms with Crippen molar-refractivity contribution in [2.24, 2.45) is 5.92 Å². The third kappa shape index (κ3) is 4.44. The predicted molar refractivity (Wildman–Crippen MR) is 112 cm³/mol. The first-order valence-electron chi connectivity index (χ1n) is 10.1. The number of piperidine rings is 1. The van der Waals surface area contributed by atoms with Crippen LogP contribution in [0.25, 0.3) is 0 Å². The van der Waals surface area contributed by atoms with Crippen molar-refractivity contribution in [2.75, 3.05) is 54.5 Å². The second kappa shape index (κ2) is 8.61. The summed E-state index contributed by atoms with van der Waals surface area (Å²) in [7, 11) is 0. The van der Waals surface area contributed by atoms with E-state index in [4.69, 9.17) is 4.74 Å². The third-order valence-electron chi connectivity index (χ3n) is 5.61. The molecule has 0 radical (unpaired) electrons. The lowest BCUT2D eigenvalue weighted by Crippen LogP contribution is -2.36. The normalized spacial score (nSPS) is 18.2. The Morgan fingerprint density at radius 3 is 2.54 bits per heavy atom. The van der Waals surface area contributed by atoms with E-state index in [9.17, 15) is 4.79 Å². The molecule has 2 aliphatic heterocycles. The lowest BCUT2D eigenvalue weighted by Gasteiger charge is -2.32. The highest BCUT2D eigenvalue weighted by Crippen LogP contribution is 2.25. The first-order valence-corrected chi connectivity index (χ1v) is 10.1. The molecule has 1 aromatic carbocycles. The molecule has 1 N–H and O–H groups in total. The minimum atomic E-state index is -0.181. The molecule has 0 atom stereocenters. The summed E-state index contributed by atoms with van der Waals surface area (Å²) in [6.45, 7) is 7.55. The van der Waals surface area contributed by atoms with Gasteiger partial charge in [0.15, 0.2) is 0 Å². The fourth-order valence-corrected chi connectivity index (χ4v) is 3.80. The summed E-state index contributed by atoms with van der Waals surface area (Å²) in [5.74, 6) is 0.614. The fourth-order valence-electron chi connectivity index (χ4n) is 3.80. The number of hydrogen-bond acceptors (Lipinski definition) is 5. The molecule has 148 valence electrons. The van der Waals surface area contributed by atoms with Crippen molar-refractivity contribution >= 4 is 23.0 Å². The summed E-state index contributed by atoms with van der Waals surface area (Å²) in [5.41, 5.74) is 3.42. The van der Waals surface area contributed by atoms with Gasteiger partial charge in [-0.15, -0.1) is 0 Å². The Bertz CT molecular complexity index is 812. The average molecular weight is 380 g/mol. The van der Waals surface area contributed by atoms with Gasteiger partial charge in [0.2, 0.25) is 0 Å². The number of ether oxygens (including phenoxy) is 1. The molecule has 0 unspecified atom stereocenters. The molecule has 3 heterocycles. The van der Waals surface area contributed by atoms with Gasteiger partial charge in [-0.2, -0.15) is 0 Å². The second-order valence-electron chi connectivity index (χ2n) is 7.67. The third-order valence-corrected chi connectivity index (χ3v) is 5.61. The summed E-state index contributed by atoms with van der Waals surface area (Å²) in [6.07, 6.45) is 4.13. The zero-order valence-electron chi connectivity index (χ0n) is 16.4. The molecule has 2 aromatic rings. The summed E-state index contributed by atoms with van der Waals surface area (Å²) in [5, 5.41) is 3.01. The van der Waals surface area contributed by atoms with Crippen molar-refractivity contribution in [3.8, 4) is 0 Å². The molecule has 0 saturated carbocycles. The van der Waals surface area contributed by atoms with E-state index >= 15 is 0 Å². The number of nitrogens with one attached hydrogen (secondary N) is 1. The zero-order chi connectivity index (χ0) is 19.3. The summed E-state index contributed by atoms with van der Waals surface area (Å²) in [4.78, 5) is 21.6. The van der Waals surface area contributed by atoms with Gasteiger partial charge in [0.1, 0.15) is 5.69 Å². The van der Waals surface area contributed by atoms with Gasteiger partial charge in [0.25, 0.3) is 5.91 Å². The molecule has 0 bridgehead atoms. The van der Waals surface area contributed by atoms with Crippen LogP contribution in [-0.4, -0.2) is 50.3 Å². The Labute approximate surface area is 166 Å². The molecule has 1 amide bonds. The number of aromatic nitrogens is 1. The molecule has 6 heteroatoms. The van der Waals surface area contributed by atoms with Crippen LogP contribution < -0.4 is 15.1 Å². The van der Waals surface area contributed by atoms with E-state index in [0.29, 0.717) is 18.9 Å². The average Bonchev–Trinajstić information content (AvgIpc) is 2.75. The van der Waals surface area contributed by atoms with Crippen LogP contribution in [0.1, 0.15) is 30.3 Å². The lowest BCUT2D eigenvalue weighted by molar-refractivity contribution is 0.102. The summed E-state index contributed by atoms with van der Waals surface area (Å²) < 4.78 is 5.40. The Morgan fingerprint density at radius 2 is 1.75 bits per heavy atom. The lowest BCUT2D eigenvalue weighted by atomic mass is 9.99. The van der Waals surface area contributed by atoms with E-state index in [1.54, 1.807) is 6.20 Å². The van der Waals surface area contributed by atoms with Crippen LogP contribution in [0.2, 0.25) is 0 Å². The van der Waals surface area contributed by atoms with Crippen molar-refractivity contribution in [2.45, 2.75) is 19.8 Å². The number of nitrogens with zero attached hydrogens (tertiary/aromatic N) is 3. The molecule has 6 nitrogen and oxygen atoms in total. The van der Waals surface area contributed by atoms with Crippen molar-refractivity contribution in [1.29, 1.82) is 0 Å². The first kappa shape index (κ1) is 18.7. The Kier molecular flexibility index (Phi) is 5.76. The van der Waals surface area contributed by atoms with Crippen molar-refractivity contribution in [3.63, 3.8) is 0 Å². The second-order valence-corrected chi connectivity index (χ2v) is 7.67. The van der Waals surface area contributed by atoms with Crippen LogP contribution in [0.15, 0.2) is 42.6 Å². The zero-order valence-corrected chi connectivity index (χ0v) is 16.4. The maximum absolute atomic E-state index is 12.7. The molecule has 1 aromatic heterocycles. The van der Waals surface area contributed by atoms with Gasteiger partial charge < -0.3 is 19.9 Å². The van der Waals surface area contributed by atoms with Gasteiger partial charge in [-0.25, -0.2) is 0 Å². The van der Waals surface area contributed by atoms with Gasteiger partial charge in [-0.1, -0.05) is 13.0 Å². The number of pyridine rings is 1. The van der Waals surface area contributed by atoms with E-state index in [2.05, 4.69) is 39.2 Å². The number of carbonyl (C=O) groups excluding carboxylic acids is 1. The number of hydrogen-bond donors (Lipinski definition) is 1. The van der Waals surface area contributed by atoms with Crippen LogP contribution in [0.3, 0.4) is 0 Å². The van der Waals surface area contributed by atoms with Crippen LogP contribution in [0.4, 0.5) is 17.1 Å². The van der Waals surface area contributed by atoms with Crippen LogP contribution >= 0.6 is 0 Å². The highest BCUT2D eigenvalue weighted by atomic mass is 16.5. The standard InChI is InChI=1S/C22H28N4O2/c1-17-6-9-25(10-7-17)19-4-2-3-18(15-19)24-22(27)21-16-20(5-8-23-21)26-11-13-28-14-12-26/h2-5,8,15-17H,6-7,9-14H2,1H3,(H,24,27). The Balaban J connectivity index is 1.44. The minimum Gasteiger partial charge on any atom is -0.378 e. The SMILES string of the molecule is CC1CCN(c2cccc(NC(=O)c3cc(N4CCOCC4)ccn3)c2)CC1. The van der Waals surface area contributed by atoms with Gasteiger partial charge in [-0.3, -0.25) is 9.78 Å². The molecule has 0 aliphatic carbocycles. The van der Waals surface area contributed by atoms with Gasteiger partial charge >= 0.3 is 0 Å². The number of morpholine rings is 1. The molecule has 4 rings (SSSR count). The van der Waals surface area contributed by atoms with Gasteiger partial charge in [0, 0.05) is 49.4 Å². The molecule has 2 aliphatic rings.